The number of hydrogen-bond acceptors (Lipinski definition) is 3. The third-order valence-electron chi connectivity index (χ3n) is 2.25. The first-order chi connectivity index (χ1) is 8.09. The van der Waals surface area contributed by atoms with E-state index in [-0.39, 0.29) is 5.56 Å². The molecule has 0 bridgehead atoms. The molecular formula is C12H8BrFN2O. The van der Waals surface area contributed by atoms with Crippen LogP contribution in [0.15, 0.2) is 41.1 Å². The molecule has 0 aliphatic rings. The van der Waals surface area contributed by atoms with Crippen molar-refractivity contribution in [2.75, 3.05) is 5.73 Å². The summed E-state index contributed by atoms with van der Waals surface area (Å²) in [6.07, 6.45) is 2.38. The third-order valence-corrected chi connectivity index (χ3v) is 2.94. The molecule has 0 atom stereocenters. The molecule has 1 aromatic heterocycles. The molecule has 86 valence electrons. The van der Waals surface area contributed by atoms with Crippen molar-refractivity contribution in [2.24, 2.45) is 0 Å². The minimum Gasteiger partial charge on any atom is -0.399 e. The number of halogens is 2. The number of nitrogens with zero attached hydrogens (tertiary/aromatic N) is 1. The molecule has 0 aliphatic carbocycles. The summed E-state index contributed by atoms with van der Waals surface area (Å²) in [5.74, 6) is -1.07. The fourth-order valence-corrected chi connectivity index (χ4v) is 1.85. The summed E-state index contributed by atoms with van der Waals surface area (Å²) in [7, 11) is 0. The molecule has 17 heavy (non-hydrogen) atoms. The van der Waals surface area contributed by atoms with E-state index in [2.05, 4.69) is 20.9 Å². The maximum absolute atomic E-state index is 13.4. The van der Waals surface area contributed by atoms with Crippen LogP contribution in [0.1, 0.15) is 15.9 Å². The molecule has 2 rings (SSSR count). The topological polar surface area (TPSA) is 56.0 Å². The molecule has 0 radical (unpaired) electrons. The normalized spacial score (nSPS) is 10.2. The summed E-state index contributed by atoms with van der Waals surface area (Å²) in [6, 6.07) is 6.16. The van der Waals surface area contributed by atoms with Gasteiger partial charge < -0.3 is 5.73 Å². The second kappa shape index (κ2) is 4.63. The largest absolute Gasteiger partial charge is 0.399 e. The third kappa shape index (κ3) is 2.34. The van der Waals surface area contributed by atoms with E-state index >= 15 is 0 Å². The average Bonchev–Trinajstić information content (AvgIpc) is 2.32. The van der Waals surface area contributed by atoms with E-state index in [4.69, 9.17) is 5.73 Å². The number of carbonyl (C=O) groups excluding carboxylic acids is 1. The number of nitrogen functional groups attached to an aromatic ring is 1. The molecule has 0 saturated heterocycles. The smallest absolute Gasteiger partial charge is 0.197 e. The predicted molar refractivity (Wildman–Crippen MR) is 66.2 cm³/mol. The standard InChI is InChI=1S/C12H8BrFN2O/c13-10-2-1-7(15)5-9(10)12(17)8-3-4-16-6-11(8)14/h1-6H,15H2. The Labute approximate surface area is 106 Å². The van der Waals surface area contributed by atoms with Gasteiger partial charge in [-0.3, -0.25) is 9.78 Å². The van der Waals surface area contributed by atoms with Crippen LogP contribution in [0, 0.1) is 5.82 Å². The van der Waals surface area contributed by atoms with Crippen LogP contribution in [-0.4, -0.2) is 10.8 Å². The fraction of sp³-hybridized carbons (Fsp3) is 0. The van der Waals surface area contributed by atoms with Crippen molar-refractivity contribution in [1.82, 2.24) is 4.98 Å². The minimum atomic E-state index is -0.646. The van der Waals surface area contributed by atoms with Crippen LogP contribution in [0.4, 0.5) is 10.1 Å². The van der Waals surface area contributed by atoms with Gasteiger partial charge >= 0.3 is 0 Å². The zero-order valence-corrected chi connectivity index (χ0v) is 10.2. The van der Waals surface area contributed by atoms with Crippen LogP contribution >= 0.6 is 15.9 Å². The quantitative estimate of drug-likeness (QED) is 0.684. The first kappa shape index (κ1) is 11.7. The molecule has 0 saturated carbocycles. The molecular weight excluding hydrogens is 287 g/mol. The minimum absolute atomic E-state index is 0.0219. The second-order valence-electron chi connectivity index (χ2n) is 3.42. The molecule has 5 heteroatoms. The Balaban J connectivity index is 2.51. The van der Waals surface area contributed by atoms with Crippen molar-refractivity contribution in [3.63, 3.8) is 0 Å². The zero-order valence-electron chi connectivity index (χ0n) is 8.65. The van der Waals surface area contributed by atoms with Crippen LogP contribution in [0.2, 0.25) is 0 Å². The highest BCUT2D eigenvalue weighted by Gasteiger charge is 2.16. The monoisotopic (exact) mass is 294 g/mol. The maximum atomic E-state index is 13.4. The molecule has 1 aromatic carbocycles. The van der Waals surface area contributed by atoms with Gasteiger partial charge in [-0.1, -0.05) is 15.9 Å². The Morgan fingerprint density at radius 1 is 1.29 bits per heavy atom. The van der Waals surface area contributed by atoms with Crippen LogP contribution in [0.5, 0.6) is 0 Å². The number of ketones is 1. The zero-order chi connectivity index (χ0) is 12.4. The van der Waals surface area contributed by atoms with E-state index in [1.807, 2.05) is 0 Å². The van der Waals surface area contributed by atoms with Gasteiger partial charge in [0.15, 0.2) is 11.6 Å². The fourth-order valence-electron chi connectivity index (χ4n) is 1.42. The molecule has 0 unspecified atom stereocenters. The SMILES string of the molecule is Nc1ccc(Br)c(C(=O)c2ccncc2F)c1. The first-order valence-electron chi connectivity index (χ1n) is 4.79. The molecule has 2 N–H and O–H groups in total. The summed E-state index contributed by atoms with van der Waals surface area (Å²) in [5, 5.41) is 0. The lowest BCUT2D eigenvalue weighted by atomic mass is 10.0. The highest BCUT2D eigenvalue weighted by molar-refractivity contribution is 9.10. The van der Waals surface area contributed by atoms with E-state index in [0.29, 0.717) is 15.7 Å². The van der Waals surface area contributed by atoms with Crippen molar-refractivity contribution >= 4 is 27.4 Å². The summed E-state index contributed by atoms with van der Waals surface area (Å²) in [5.41, 5.74) is 6.36. The van der Waals surface area contributed by atoms with E-state index in [1.54, 1.807) is 12.1 Å². The van der Waals surface area contributed by atoms with Crippen molar-refractivity contribution in [1.29, 1.82) is 0 Å². The van der Waals surface area contributed by atoms with Crippen LogP contribution in [0.25, 0.3) is 0 Å². The van der Waals surface area contributed by atoms with Gasteiger partial charge in [0.05, 0.1) is 11.8 Å². The number of aromatic nitrogens is 1. The van der Waals surface area contributed by atoms with Gasteiger partial charge in [0.2, 0.25) is 0 Å². The van der Waals surface area contributed by atoms with Crippen molar-refractivity contribution in [3.8, 4) is 0 Å². The van der Waals surface area contributed by atoms with Gasteiger partial charge in [-0.2, -0.15) is 0 Å². The van der Waals surface area contributed by atoms with Crippen LogP contribution < -0.4 is 5.73 Å². The van der Waals surface area contributed by atoms with E-state index < -0.39 is 11.6 Å². The van der Waals surface area contributed by atoms with Gasteiger partial charge in [-0.25, -0.2) is 4.39 Å². The number of carbonyl (C=O) groups is 1. The molecule has 0 spiro atoms. The van der Waals surface area contributed by atoms with E-state index in [9.17, 15) is 9.18 Å². The number of benzene rings is 1. The number of pyridine rings is 1. The summed E-state index contributed by atoms with van der Waals surface area (Å²) in [4.78, 5) is 15.7. The highest BCUT2D eigenvalue weighted by atomic mass is 79.9. The predicted octanol–water partition coefficient (Wildman–Crippen LogP) is 2.80. The Bertz CT molecular complexity index is 586. The first-order valence-corrected chi connectivity index (χ1v) is 5.58. The van der Waals surface area contributed by atoms with Gasteiger partial charge in [0.25, 0.3) is 0 Å². The summed E-state index contributed by atoms with van der Waals surface area (Å²) in [6.45, 7) is 0. The van der Waals surface area contributed by atoms with Crippen LogP contribution in [0.3, 0.4) is 0 Å². The molecule has 2 aromatic rings. The number of rotatable bonds is 2. The number of hydrogen-bond donors (Lipinski definition) is 1. The Morgan fingerprint density at radius 3 is 2.76 bits per heavy atom. The number of anilines is 1. The summed E-state index contributed by atoms with van der Waals surface area (Å²) >= 11 is 3.24. The molecule has 3 nitrogen and oxygen atoms in total. The molecule has 0 amide bonds. The van der Waals surface area contributed by atoms with Crippen LogP contribution in [-0.2, 0) is 0 Å². The van der Waals surface area contributed by atoms with Crippen molar-refractivity contribution < 1.29 is 9.18 Å². The lowest BCUT2D eigenvalue weighted by Crippen LogP contribution is -2.06. The Kier molecular flexibility index (Phi) is 3.19. The van der Waals surface area contributed by atoms with E-state index in [1.165, 1.54) is 18.3 Å². The Hall–Kier alpha value is -1.75. The van der Waals surface area contributed by atoms with Crippen molar-refractivity contribution in [3.05, 3.63) is 58.1 Å². The summed E-state index contributed by atoms with van der Waals surface area (Å²) < 4.78 is 14.0. The highest BCUT2D eigenvalue weighted by Crippen LogP contribution is 2.23. The van der Waals surface area contributed by atoms with Gasteiger partial charge in [0.1, 0.15) is 0 Å². The molecule has 0 fully saturated rings. The Morgan fingerprint density at radius 2 is 2.06 bits per heavy atom. The second-order valence-corrected chi connectivity index (χ2v) is 4.28. The van der Waals surface area contributed by atoms with Crippen molar-refractivity contribution in [2.45, 2.75) is 0 Å². The lowest BCUT2D eigenvalue weighted by Gasteiger charge is -2.05. The number of nitrogens with two attached hydrogens (primary N) is 1. The molecule has 0 aliphatic heterocycles. The van der Waals surface area contributed by atoms with Gasteiger partial charge in [-0.05, 0) is 24.3 Å². The van der Waals surface area contributed by atoms with Gasteiger partial charge in [-0.15, -0.1) is 0 Å². The van der Waals surface area contributed by atoms with Gasteiger partial charge in [0, 0.05) is 21.9 Å². The average molecular weight is 295 g/mol. The lowest BCUT2D eigenvalue weighted by molar-refractivity contribution is 0.103. The maximum Gasteiger partial charge on any atom is 0.197 e. The molecule has 1 heterocycles. The van der Waals surface area contributed by atoms with E-state index in [0.717, 1.165) is 6.20 Å².